The standard InChI is InChI=1S/C8H11ClN4/c1-13-4-6(5-13)11-8-3-10-2-7(9)12-8/h2-3,6H,4-5H2,1H3,(H,11,12). The molecular weight excluding hydrogens is 188 g/mol. The van der Waals surface area contributed by atoms with E-state index in [9.17, 15) is 0 Å². The number of nitrogens with one attached hydrogen (secondary N) is 1. The zero-order valence-electron chi connectivity index (χ0n) is 7.37. The second-order valence-corrected chi connectivity index (χ2v) is 3.68. The molecule has 5 heteroatoms. The number of rotatable bonds is 2. The quantitative estimate of drug-likeness (QED) is 0.765. The van der Waals surface area contributed by atoms with Gasteiger partial charge < -0.3 is 10.2 Å². The van der Waals surface area contributed by atoms with Crippen LogP contribution in [0.2, 0.25) is 5.15 Å². The lowest BCUT2D eigenvalue weighted by molar-refractivity contribution is 0.205. The molecule has 0 saturated carbocycles. The largest absolute Gasteiger partial charge is 0.363 e. The summed E-state index contributed by atoms with van der Waals surface area (Å²) in [5.74, 6) is 0.755. The van der Waals surface area contributed by atoms with Crippen LogP contribution in [0.5, 0.6) is 0 Å². The zero-order chi connectivity index (χ0) is 9.26. The number of hydrogen-bond acceptors (Lipinski definition) is 4. The Morgan fingerprint density at radius 3 is 2.92 bits per heavy atom. The Labute approximate surface area is 81.9 Å². The van der Waals surface area contributed by atoms with Gasteiger partial charge in [0.05, 0.1) is 18.4 Å². The first-order chi connectivity index (χ1) is 6.24. The number of halogens is 1. The van der Waals surface area contributed by atoms with Crippen molar-refractivity contribution in [3.8, 4) is 0 Å². The maximum atomic E-state index is 5.69. The topological polar surface area (TPSA) is 41.0 Å². The van der Waals surface area contributed by atoms with Gasteiger partial charge in [0.25, 0.3) is 0 Å². The second kappa shape index (κ2) is 3.47. The Morgan fingerprint density at radius 2 is 2.31 bits per heavy atom. The highest BCUT2D eigenvalue weighted by Crippen LogP contribution is 2.12. The van der Waals surface area contributed by atoms with E-state index in [-0.39, 0.29) is 0 Å². The van der Waals surface area contributed by atoms with Crippen molar-refractivity contribution < 1.29 is 0 Å². The Balaban J connectivity index is 1.94. The molecule has 0 spiro atoms. The minimum absolute atomic E-state index is 0.428. The van der Waals surface area contributed by atoms with Crippen molar-refractivity contribution in [2.45, 2.75) is 6.04 Å². The molecule has 1 N–H and O–H groups in total. The third-order valence-corrected chi connectivity index (χ3v) is 2.20. The van der Waals surface area contributed by atoms with Gasteiger partial charge in [-0.3, -0.25) is 4.98 Å². The van der Waals surface area contributed by atoms with Crippen LogP contribution in [0.15, 0.2) is 12.4 Å². The molecule has 0 bridgehead atoms. The Bertz CT molecular complexity index is 298. The van der Waals surface area contributed by atoms with Crippen LogP contribution in [0.3, 0.4) is 0 Å². The molecule has 1 fully saturated rings. The molecule has 0 unspecified atom stereocenters. The molecule has 0 aliphatic carbocycles. The van der Waals surface area contributed by atoms with Crippen LogP contribution < -0.4 is 5.32 Å². The fraction of sp³-hybridized carbons (Fsp3) is 0.500. The minimum Gasteiger partial charge on any atom is -0.363 e. The second-order valence-electron chi connectivity index (χ2n) is 3.29. The maximum Gasteiger partial charge on any atom is 0.149 e. The zero-order valence-corrected chi connectivity index (χ0v) is 8.12. The number of likely N-dealkylation sites (N-methyl/N-ethyl adjacent to an activating group) is 1. The van der Waals surface area contributed by atoms with E-state index in [4.69, 9.17) is 11.6 Å². The Morgan fingerprint density at radius 1 is 1.54 bits per heavy atom. The number of anilines is 1. The van der Waals surface area contributed by atoms with Crippen LogP contribution in [-0.4, -0.2) is 41.0 Å². The lowest BCUT2D eigenvalue weighted by Crippen LogP contribution is -2.52. The highest BCUT2D eigenvalue weighted by molar-refractivity contribution is 6.29. The van der Waals surface area contributed by atoms with Gasteiger partial charge in [-0.2, -0.15) is 0 Å². The van der Waals surface area contributed by atoms with Gasteiger partial charge in [-0.05, 0) is 7.05 Å². The number of likely N-dealkylation sites (tertiary alicyclic amines) is 1. The van der Waals surface area contributed by atoms with Crippen LogP contribution in [0.25, 0.3) is 0 Å². The summed E-state index contributed by atoms with van der Waals surface area (Å²) in [5, 5.41) is 3.68. The number of hydrogen-bond donors (Lipinski definition) is 1. The van der Waals surface area contributed by atoms with E-state index in [0.717, 1.165) is 18.9 Å². The summed E-state index contributed by atoms with van der Waals surface area (Å²) in [4.78, 5) is 10.3. The van der Waals surface area contributed by atoms with Crippen LogP contribution >= 0.6 is 11.6 Å². The molecule has 1 aromatic rings. The Hall–Kier alpha value is -0.870. The number of nitrogens with zero attached hydrogens (tertiary/aromatic N) is 3. The fourth-order valence-electron chi connectivity index (χ4n) is 1.41. The van der Waals surface area contributed by atoms with Crippen LogP contribution in [0.1, 0.15) is 0 Å². The van der Waals surface area contributed by atoms with E-state index < -0.39 is 0 Å². The molecule has 13 heavy (non-hydrogen) atoms. The van der Waals surface area contributed by atoms with Gasteiger partial charge in [-0.15, -0.1) is 0 Å². The summed E-state index contributed by atoms with van der Waals surface area (Å²) in [6, 6.07) is 0.484. The average Bonchev–Trinajstić information content (AvgIpc) is 2.01. The van der Waals surface area contributed by atoms with Gasteiger partial charge in [0.2, 0.25) is 0 Å². The SMILES string of the molecule is CN1CC(Nc2cncc(Cl)n2)C1. The van der Waals surface area contributed by atoms with Crippen molar-refractivity contribution >= 4 is 17.4 Å². The molecule has 2 heterocycles. The van der Waals surface area contributed by atoms with Gasteiger partial charge in [0.15, 0.2) is 0 Å². The molecule has 1 saturated heterocycles. The van der Waals surface area contributed by atoms with Crippen molar-refractivity contribution in [2.75, 3.05) is 25.5 Å². The molecule has 70 valence electrons. The van der Waals surface area contributed by atoms with Gasteiger partial charge in [-0.25, -0.2) is 4.98 Å². The van der Waals surface area contributed by atoms with E-state index >= 15 is 0 Å². The first kappa shape index (κ1) is 8.72. The lowest BCUT2D eigenvalue weighted by atomic mass is 10.1. The maximum absolute atomic E-state index is 5.69. The number of aromatic nitrogens is 2. The minimum atomic E-state index is 0.428. The van der Waals surface area contributed by atoms with Crippen LogP contribution in [0.4, 0.5) is 5.82 Å². The molecule has 4 nitrogen and oxygen atoms in total. The van der Waals surface area contributed by atoms with Crippen molar-refractivity contribution in [3.63, 3.8) is 0 Å². The van der Waals surface area contributed by atoms with Crippen molar-refractivity contribution in [3.05, 3.63) is 17.5 Å². The van der Waals surface area contributed by atoms with Crippen LogP contribution in [0, 0.1) is 0 Å². The summed E-state index contributed by atoms with van der Waals surface area (Å²) < 4.78 is 0. The predicted octanol–water partition coefficient (Wildman–Crippen LogP) is 0.856. The summed E-state index contributed by atoms with van der Waals surface area (Å²) in [7, 11) is 2.09. The first-order valence-corrected chi connectivity index (χ1v) is 4.54. The van der Waals surface area contributed by atoms with E-state index in [1.54, 1.807) is 6.20 Å². The molecule has 0 amide bonds. The smallest absolute Gasteiger partial charge is 0.149 e. The van der Waals surface area contributed by atoms with Crippen molar-refractivity contribution in [1.82, 2.24) is 14.9 Å². The third kappa shape index (κ3) is 2.08. The van der Waals surface area contributed by atoms with E-state index in [2.05, 4.69) is 27.2 Å². The van der Waals surface area contributed by atoms with Gasteiger partial charge in [-0.1, -0.05) is 11.6 Å². The van der Waals surface area contributed by atoms with E-state index in [1.165, 1.54) is 6.20 Å². The summed E-state index contributed by atoms with van der Waals surface area (Å²) in [6.07, 6.45) is 3.21. The molecular formula is C8H11ClN4. The first-order valence-electron chi connectivity index (χ1n) is 4.16. The van der Waals surface area contributed by atoms with Gasteiger partial charge in [0, 0.05) is 13.1 Å². The fourth-order valence-corrected chi connectivity index (χ4v) is 1.56. The molecule has 2 rings (SSSR count). The molecule has 1 aliphatic heterocycles. The summed E-state index contributed by atoms with van der Waals surface area (Å²) >= 11 is 5.69. The van der Waals surface area contributed by atoms with E-state index in [1.807, 2.05) is 0 Å². The molecule has 0 atom stereocenters. The van der Waals surface area contributed by atoms with Crippen molar-refractivity contribution in [2.24, 2.45) is 0 Å². The normalized spacial score (nSPS) is 18.3. The summed E-state index contributed by atoms with van der Waals surface area (Å²) in [5.41, 5.74) is 0. The predicted molar refractivity (Wildman–Crippen MR) is 51.9 cm³/mol. The van der Waals surface area contributed by atoms with Crippen molar-refractivity contribution in [1.29, 1.82) is 0 Å². The average molecular weight is 199 g/mol. The third-order valence-electron chi connectivity index (χ3n) is 2.02. The van der Waals surface area contributed by atoms with E-state index in [0.29, 0.717) is 11.2 Å². The highest BCUT2D eigenvalue weighted by atomic mass is 35.5. The molecule has 1 aromatic heterocycles. The lowest BCUT2D eigenvalue weighted by Gasteiger charge is -2.36. The monoisotopic (exact) mass is 198 g/mol. The van der Waals surface area contributed by atoms with Gasteiger partial charge >= 0.3 is 0 Å². The highest BCUT2D eigenvalue weighted by Gasteiger charge is 2.22. The summed E-state index contributed by atoms with van der Waals surface area (Å²) in [6.45, 7) is 2.10. The van der Waals surface area contributed by atoms with Gasteiger partial charge in [0.1, 0.15) is 11.0 Å². The molecule has 0 radical (unpaired) electrons. The Kier molecular flexibility index (Phi) is 2.33. The van der Waals surface area contributed by atoms with Crippen LogP contribution in [-0.2, 0) is 0 Å². The molecule has 0 aromatic carbocycles. The molecule has 1 aliphatic rings.